The van der Waals surface area contributed by atoms with Gasteiger partial charge in [-0.1, -0.05) is 43.2 Å². The van der Waals surface area contributed by atoms with Gasteiger partial charge in [0.1, 0.15) is 5.82 Å². The molecule has 3 rings (SSSR count). The molecule has 1 saturated carbocycles. The molecule has 1 fully saturated rings. The molecule has 0 radical (unpaired) electrons. The van der Waals surface area contributed by atoms with Gasteiger partial charge in [0.05, 0.1) is 0 Å². The Morgan fingerprint density at radius 2 is 1.70 bits per heavy atom. The first kappa shape index (κ1) is 15.5. The van der Waals surface area contributed by atoms with E-state index in [1.54, 1.807) is 12.1 Å². The van der Waals surface area contributed by atoms with E-state index in [0.29, 0.717) is 6.54 Å². The van der Waals surface area contributed by atoms with Gasteiger partial charge in [-0.25, -0.2) is 9.18 Å². The van der Waals surface area contributed by atoms with Crippen molar-refractivity contribution < 1.29 is 9.18 Å². The van der Waals surface area contributed by atoms with Crippen LogP contribution < -0.4 is 5.32 Å². The van der Waals surface area contributed by atoms with Crippen molar-refractivity contribution in [2.75, 3.05) is 5.32 Å². The second-order valence-electron chi connectivity index (χ2n) is 5.99. The van der Waals surface area contributed by atoms with E-state index in [2.05, 4.69) is 5.32 Å². The maximum Gasteiger partial charge on any atom is 0.322 e. The molecule has 0 aromatic heterocycles. The van der Waals surface area contributed by atoms with Gasteiger partial charge in [0.25, 0.3) is 0 Å². The summed E-state index contributed by atoms with van der Waals surface area (Å²) in [5, 5.41) is 2.96. The van der Waals surface area contributed by atoms with Gasteiger partial charge in [-0.15, -0.1) is 0 Å². The maximum atomic E-state index is 13.1. The summed E-state index contributed by atoms with van der Waals surface area (Å²) in [4.78, 5) is 14.6. The van der Waals surface area contributed by atoms with Gasteiger partial charge in [0.2, 0.25) is 0 Å². The largest absolute Gasteiger partial charge is 0.322 e. The standard InChI is InChI=1S/C19H21FN2O/c20-16-12-10-15(11-13-16)14-22(18-8-4-5-9-18)19(23)21-17-6-2-1-3-7-17/h1-3,6-7,10-13,18H,4-5,8-9,14H2,(H,21,23). The van der Waals surface area contributed by atoms with Crippen molar-refractivity contribution in [1.29, 1.82) is 0 Å². The van der Waals surface area contributed by atoms with Crippen LogP contribution in [0, 0.1) is 5.82 Å². The van der Waals surface area contributed by atoms with Crippen molar-refractivity contribution >= 4 is 11.7 Å². The van der Waals surface area contributed by atoms with Crippen LogP contribution in [0.25, 0.3) is 0 Å². The molecule has 1 N–H and O–H groups in total. The number of nitrogens with zero attached hydrogens (tertiary/aromatic N) is 1. The van der Waals surface area contributed by atoms with Crippen molar-refractivity contribution in [3.05, 3.63) is 66.0 Å². The maximum absolute atomic E-state index is 13.1. The molecule has 23 heavy (non-hydrogen) atoms. The minimum atomic E-state index is -0.255. The van der Waals surface area contributed by atoms with Crippen LogP contribution in [0.15, 0.2) is 54.6 Å². The number of anilines is 1. The zero-order valence-electron chi connectivity index (χ0n) is 13.0. The lowest BCUT2D eigenvalue weighted by Gasteiger charge is -2.29. The Labute approximate surface area is 136 Å². The fraction of sp³-hybridized carbons (Fsp3) is 0.316. The Kier molecular flexibility index (Phi) is 4.91. The van der Waals surface area contributed by atoms with Crippen LogP contribution in [-0.4, -0.2) is 17.0 Å². The fourth-order valence-electron chi connectivity index (χ4n) is 3.09. The Bertz CT molecular complexity index is 636. The molecule has 0 heterocycles. The van der Waals surface area contributed by atoms with Crippen LogP contribution >= 0.6 is 0 Å². The highest BCUT2D eigenvalue weighted by Gasteiger charge is 2.26. The first-order chi connectivity index (χ1) is 11.2. The highest BCUT2D eigenvalue weighted by Crippen LogP contribution is 2.26. The van der Waals surface area contributed by atoms with Gasteiger partial charge >= 0.3 is 6.03 Å². The Morgan fingerprint density at radius 1 is 1.04 bits per heavy atom. The third-order valence-corrected chi connectivity index (χ3v) is 4.32. The monoisotopic (exact) mass is 312 g/mol. The summed E-state index contributed by atoms with van der Waals surface area (Å²) in [5.41, 5.74) is 1.74. The molecule has 2 aromatic carbocycles. The van der Waals surface area contributed by atoms with Crippen LogP contribution in [0.1, 0.15) is 31.2 Å². The molecule has 4 heteroatoms. The van der Waals surface area contributed by atoms with Crippen molar-refractivity contribution in [2.24, 2.45) is 0 Å². The quantitative estimate of drug-likeness (QED) is 0.864. The Hall–Kier alpha value is -2.36. The van der Waals surface area contributed by atoms with E-state index >= 15 is 0 Å². The summed E-state index contributed by atoms with van der Waals surface area (Å²) in [5.74, 6) is -0.255. The van der Waals surface area contributed by atoms with E-state index in [0.717, 1.165) is 36.9 Å². The molecule has 0 saturated heterocycles. The van der Waals surface area contributed by atoms with E-state index in [-0.39, 0.29) is 17.9 Å². The van der Waals surface area contributed by atoms with Crippen molar-refractivity contribution in [3.8, 4) is 0 Å². The third-order valence-electron chi connectivity index (χ3n) is 4.32. The Balaban J connectivity index is 1.74. The number of urea groups is 1. The van der Waals surface area contributed by atoms with Crippen LogP contribution in [0.2, 0.25) is 0 Å². The highest BCUT2D eigenvalue weighted by molar-refractivity contribution is 5.89. The van der Waals surface area contributed by atoms with Gasteiger partial charge in [-0.3, -0.25) is 0 Å². The number of nitrogens with one attached hydrogen (secondary N) is 1. The molecule has 0 unspecified atom stereocenters. The predicted molar refractivity (Wildman–Crippen MR) is 89.7 cm³/mol. The molecule has 0 bridgehead atoms. The van der Waals surface area contributed by atoms with Crippen molar-refractivity contribution in [1.82, 2.24) is 4.90 Å². The van der Waals surface area contributed by atoms with E-state index in [1.165, 1.54) is 12.1 Å². The zero-order valence-corrected chi connectivity index (χ0v) is 13.0. The molecule has 3 nitrogen and oxygen atoms in total. The number of amides is 2. The summed E-state index contributed by atoms with van der Waals surface area (Å²) in [6.45, 7) is 0.504. The average Bonchev–Trinajstić information content (AvgIpc) is 3.09. The zero-order chi connectivity index (χ0) is 16.1. The lowest BCUT2D eigenvalue weighted by molar-refractivity contribution is 0.184. The van der Waals surface area contributed by atoms with E-state index < -0.39 is 0 Å². The van der Waals surface area contributed by atoms with Crippen LogP contribution in [-0.2, 0) is 6.54 Å². The third kappa shape index (κ3) is 4.09. The number of rotatable bonds is 4. The van der Waals surface area contributed by atoms with E-state index in [4.69, 9.17) is 0 Å². The molecule has 1 aliphatic carbocycles. The smallest absolute Gasteiger partial charge is 0.317 e. The normalized spacial score (nSPS) is 14.7. The van der Waals surface area contributed by atoms with Crippen LogP contribution in [0.5, 0.6) is 0 Å². The summed E-state index contributed by atoms with van der Waals surface area (Å²) in [6.07, 6.45) is 4.37. The first-order valence-corrected chi connectivity index (χ1v) is 8.09. The van der Waals surface area contributed by atoms with Gasteiger partial charge in [0.15, 0.2) is 0 Å². The predicted octanol–water partition coefficient (Wildman–Crippen LogP) is 4.80. The summed E-state index contributed by atoms with van der Waals surface area (Å²) < 4.78 is 13.1. The van der Waals surface area contributed by atoms with Crippen molar-refractivity contribution in [2.45, 2.75) is 38.3 Å². The molecule has 2 aromatic rings. The topological polar surface area (TPSA) is 32.3 Å². The van der Waals surface area contributed by atoms with Crippen LogP contribution in [0.3, 0.4) is 0 Å². The number of hydrogen-bond donors (Lipinski definition) is 1. The second kappa shape index (κ2) is 7.27. The van der Waals surface area contributed by atoms with Gasteiger partial charge in [-0.05, 0) is 42.7 Å². The molecule has 0 aliphatic heterocycles. The summed E-state index contributed by atoms with van der Waals surface area (Å²) in [7, 11) is 0. The molecule has 0 atom stereocenters. The lowest BCUT2D eigenvalue weighted by Crippen LogP contribution is -2.41. The molecule has 120 valence electrons. The number of carbonyl (C=O) groups excluding carboxylic acids is 1. The number of carbonyl (C=O) groups is 1. The lowest BCUT2D eigenvalue weighted by atomic mass is 10.1. The SMILES string of the molecule is O=C(Nc1ccccc1)N(Cc1ccc(F)cc1)C1CCCC1. The molecular formula is C19H21FN2O. The first-order valence-electron chi connectivity index (χ1n) is 8.09. The minimum Gasteiger partial charge on any atom is -0.317 e. The number of para-hydroxylation sites is 1. The highest BCUT2D eigenvalue weighted by atomic mass is 19.1. The van der Waals surface area contributed by atoms with Gasteiger partial charge < -0.3 is 10.2 Å². The summed E-state index contributed by atoms with van der Waals surface area (Å²) >= 11 is 0. The fourth-order valence-corrected chi connectivity index (χ4v) is 3.09. The molecular weight excluding hydrogens is 291 g/mol. The Morgan fingerprint density at radius 3 is 2.35 bits per heavy atom. The number of hydrogen-bond acceptors (Lipinski definition) is 1. The second-order valence-corrected chi connectivity index (χ2v) is 5.99. The molecule has 0 spiro atoms. The average molecular weight is 312 g/mol. The molecule has 1 aliphatic rings. The van der Waals surface area contributed by atoms with E-state index in [9.17, 15) is 9.18 Å². The van der Waals surface area contributed by atoms with Gasteiger partial charge in [0, 0.05) is 18.3 Å². The molecule has 2 amide bonds. The summed E-state index contributed by atoms with van der Waals surface area (Å²) in [6, 6.07) is 16.0. The number of benzene rings is 2. The van der Waals surface area contributed by atoms with Gasteiger partial charge in [-0.2, -0.15) is 0 Å². The van der Waals surface area contributed by atoms with E-state index in [1.807, 2.05) is 35.2 Å². The van der Waals surface area contributed by atoms with Crippen LogP contribution in [0.4, 0.5) is 14.9 Å². The minimum absolute atomic E-state index is 0.0903. The number of halogens is 1. The van der Waals surface area contributed by atoms with Crippen molar-refractivity contribution in [3.63, 3.8) is 0 Å².